The number of hydrogen-bond donors (Lipinski definition) is 3. The van der Waals surface area contributed by atoms with Gasteiger partial charge in [-0.1, -0.05) is 41.2 Å². The minimum Gasteiger partial charge on any atom is -0.361 e. The number of urea groups is 1. The molecule has 0 aromatic heterocycles. The second-order valence-corrected chi connectivity index (χ2v) is 8.62. The molecule has 0 saturated heterocycles. The fourth-order valence-corrected chi connectivity index (χ4v) is 3.48. The van der Waals surface area contributed by atoms with Crippen LogP contribution in [0.15, 0.2) is 18.2 Å². The van der Waals surface area contributed by atoms with E-state index in [0.29, 0.717) is 22.2 Å². The summed E-state index contributed by atoms with van der Waals surface area (Å²) >= 11 is 8.01. The molecule has 12 heteroatoms. The fraction of sp³-hybridized carbons (Fsp3) is 0.471. The summed E-state index contributed by atoms with van der Waals surface area (Å²) in [6.07, 6.45) is 0. The Labute approximate surface area is 196 Å². The summed E-state index contributed by atoms with van der Waals surface area (Å²) in [6, 6.07) is 5.38. The van der Waals surface area contributed by atoms with Crippen LogP contribution in [-0.2, 0) is 17.1 Å². The molecule has 5 N–H and O–H groups in total. The maximum absolute atomic E-state index is 11.3. The molecular formula is C17H28ClCuN5O3S2. The number of amides is 4. The third-order valence-electron chi connectivity index (χ3n) is 3.40. The molecule has 1 rings (SSSR count). The van der Waals surface area contributed by atoms with E-state index in [4.69, 9.17) is 23.1 Å². The van der Waals surface area contributed by atoms with Gasteiger partial charge in [0.25, 0.3) is 10.5 Å². The number of hydrogen-bond acceptors (Lipinski definition) is 6. The van der Waals surface area contributed by atoms with Crippen LogP contribution in [0.5, 0.6) is 0 Å². The summed E-state index contributed by atoms with van der Waals surface area (Å²) in [5, 5.41) is 2.56. The number of carbonyl (C=O) groups excluding carboxylic acids is 3. The number of benzene rings is 1. The molecule has 0 atom stereocenters. The van der Waals surface area contributed by atoms with Gasteiger partial charge in [0.2, 0.25) is 0 Å². The molecule has 29 heavy (non-hydrogen) atoms. The average molecular weight is 514 g/mol. The van der Waals surface area contributed by atoms with Crippen LogP contribution in [0.4, 0.5) is 20.1 Å². The number of nitrogens with two attached hydrogens (primary N) is 2. The molecule has 0 aliphatic heterocycles. The molecule has 0 aliphatic rings. The molecule has 0 bridgehead atoms. The number of nitrogens with zero attached hydrogens (tertiary/aromatic N) is 2. The van der Waals surface area contributed by atoms with Gasteiger partial charge in [0, 0.05) is 59.4 Å². The number of nitrogens with one attached hydrogen (secondary N) is 1. The van der Waals surface area contributed by atoms with Gasteiger partial charge in [-0.05, 0) is 38.7 Å². The van der Waals surface area contributed by atoms with Crippen molar-refractivity contribution in [1.82, 2.24) is 9.80 Å². The predicted molar refractivity (Wildman–Crippen MR) is 120 cm³/mol. The van der Waals surface area contributed by atoms with Gasteiger partial charge in [-0.3, -0.25) is 9.59 Å². The molecular weight excluding hydrogens is 485 g/mol. The number of thioether (sulfide) groups is 2. The Hall–Kier alpha value is -1.10. The standard InChI is InChI=1S/C10H13ClN2O.C7H15N3O2S2.Cu/c1-7-4-5-8(6-9(7)11)12-10(14)13(2)3;1-10(2)5(3-13-6(8)11)4-14-7(9)12;/h4-6H,1-3H3,(H,12,14);5H,3-4H2,1-2H3,(H2,8,11)(H2,9,12);. The molecule has 0 fully saturated rings. The third-order valence-corrected chi connectivity index (χ3v) is 5.47. The van der Waals surface area contributed by atoms with Crippen LogP contribution in [0.1, 0.15) is 5.56 Å². The van der Waals surface area contributed by atoms with Crippen molar-refractivity contribution in [2.75, 3.05) is 45.0 Å². The molecule has 0 saturated carbocycles. The van der Waals surface area contributed by atoms with Crippen molar-refractivity contribution in [3.8, 4) is 0 Å². The number of halogens is 1. The van der Waals surface area contributed by atoms with Crippen LogP contribution in [0.3, 0.4) is 0 Å². The van der Waals surface area contributed by atoms with Crippen molar-refractivity contribution in [3.63, 3.8) is 0 Å². The van der Waals surface area contributed by atoms with Crippen LogP contribution in [-0.4, -0.2) is 72.0 Å². The SMILES string of the molecule is CN(C)C(CSC(N)=O)CSC(N)=O.Cc1ccc(NC(=O)N(C)C)cc1Cl.[Cu]. The van der Waals surface area contributed by atoms with E-state index in [1.807, 2.05) is 38.1 Å². The second-order valence-electron chi connectivity index (χ2n) is 6.17. The molecule has 1 aromatic rings. The largest absolute Gasteiger partial charge is 0.361 e. The number of carbonyl (C=O) groups is 3. The molecule has 1 radical (unpaired) electrons. The van der Waals surface area contributed by atoms with E-state index in [0.717, 1.165) is 29.1 Å². The van der Waals surface area contributed by atoms with Crippen LogP contribution < -0.4 is 16.8 Å². The molecule has 169 valence electrons. The summed E-state index contributed by atoms with van der Waals surface area (Å²) in [7, 11) is 7.14. The molecule has 0 heterocycles. The Balaban J connectivity index is 0. The Morgan fingerprint density at radius 2 is 1.55 bits per heavy atom. The van der Waals surface area contributed by atoms with E-state index < -0.39 is 10.5 Å². The second kappa shape index (κ2) is 15.7. The molecule has 1 aromatic carbocycles. The van der Waals surface area contributed by atoms with Crippen LogP contribution in [0, 0.1) is 6.92 Å². The monoisotopic (exact) mass is 512 g/mol. The van der Waals surface area contributed by atoms with E-state index in [1.54, 1.807) is 20.2 Å². The van der Waals surface area contributed by atoms with E-state index in [2.05, 4.69) is 5.32 Å². The number of primary amides is 2. The van der Waals surface area contributed by atoms with Crippen molar-refractivity contribution in [1.29, 1.82) is 0 Å². The number of anilines is 1. The zero-order valence-corrected chi connectivity index (χ0v) is 20.3. The molecule has 0 aliphatic carbocycles. The van der Waals surface area contributed by atoms with Crippen molar-refractivity contribution in [2.24, 2.45) is 11.5 Å². The number of aryl methyl sites for hydroxylation is 1. The number of rotatable bonds is 6. The smallest absolute Gasteiger partial charge is 0.321 e. The first kappa shape index (κ1) is 30.1. The Kier molecular flexibility index (Phi) is 16.3. The van der Waals surface area contributed by atoms with E-state index in [-0.39, 0.29) is 29.1 Å². The molecule has 0 unspecified atom stereocenters. The van der Waals surface area contributed by atoms with Gasteiger partial charge < -0.3 is 26.6 Å². The minimum absolute atomic E-state index is 0. The van der Waals surface area contributed by atoms with Gasteiger partial charge in [0.15, 0.2) is 0 Å². The molecule has 4 amide bonds. The summed E-state index contributed by atoms with van der Waals surface area (Å²) in [6.45, 7) is 1.92. The predicted octanol–water partition coefficient (Wildman–Crippen LogP) is 3.28. The summed E-state index contributed by atoms with van der Waals surface area (Å²) in [5.41, 5.74) is 11.7. The maximum atomic E-state index is 11.3. The normalized spacial score (nSPS) is 9.93. The first-order valence-electron chi connectivity index (χ1n) is 8.19. The summed E-state index contributed by atoms with van der Waals surface area (Å²) in [4.78, 5) is 35.7. The van der Waals surface area contributed by atoms with Crippen molar-refractivity contribution >= 4 is 57.3 Å². The van der Waals surface area contributed by atoms with E-state index >= 15 is 0 Å². The van der Waals surface area contributed by atoms with Crippen LogP contribution >= 0.6 is 35.1 Å². The Morgan fingerprint density at radius 1 is 1.07 bits per heavy atom. The van der Waals surface area contributed by atoms with Crippen molar-refractivity contribution in [3.05, 3.63) is 28.8 Å². The topological polar surface area (TPSA) is 122 Å². The summed E-state index contributed by atoms with van der Waals surface area (Å²) < 4.78 is 0. The molecule has 8 nitrogen and oxygen atoms in total. The van der Waals surface area contributed by atoms with Gasteiger partial charge in [0.1, 0.15) is 0 Å². The maximum Gasteiger partial charge on any atom is 0.321 e. The van der Waals surface area contributed by atoms with Gasteiger partial charge in [0.05, 0.1) is 0 Å². The zero-order valence-electron chi connectivity index (χ0n) is 17.0. The van der Waals surface area contributed by atoms with Crippen LogP contribution in [0.2, 0.25) is 5.02 Å². The Morgan fingerprint density at radius 3 is 1.90 bits per heavy atom. The average Bonchev–Trinajstić information content (AvgIpc) is 2.57. The van der Waals surface area contributed by atoms with Gasteiger partial charge >= 0.3 is 6.03 Å². The van der Waals surface area contributed by atoms with Crippen molar-refractivity contribution in [2.45, 2.75) is 13.0 Å². The molecule has 0 spiro atoms. The van der Waals surface area contributed by atoms with Crippen molar-refractivity contribution < 1.29 is 31.5 Å². The van der Waals surface area contributed by atoms with Gasteiger partial charge in [-0.15, -0.1) is 0 Å². The van der Waals surface area contributed by atoms with Gasteiger partial charge in [-0.2, -0.15) is 0 Å². The first-order chi connectivity index (χ1) is 12.9. The van der Waals surface area contributed by atoms with Crippen LogP contribution in [0.25, 0.3) is 0 Å². The van der Waals surface area contributed by atoms with E-state index in [1.165, 1.54) is 4.90 Å². The third kappa shape index (κ3) is 14.5. The minimum atomic E-state index is -0.402. The Bertz CT molecular complexity index is 662. The quantitative estimate of drug-likeness (QED) is 0.502. The van der Waals surface area contributed by atoms with E-state index in [9.17, 15) is 14.4 Å². The van der Waals surface area contributed by atoms with Gasteiger partial charge in [-0.25, -0.2) is 4.79 Å². The zero-order chi connectivity index (χ0) is 21.9. The fourth-order valence-electron chi connectivity index (χ4n) is 1.61. The first-order valence-corrected chi connectivity index (χ1v) is 10.5. The summed E-state index contributed by atoms with van der Waals surface area (Å²) in [5.74, 6) is 1.14.